The summed E-state index contributed by atoms with van der Waals surface area (Å²) in [5.41, 5.74) is 1.06. The molecule has 1 heterocycles. The molecule has 0 aliphatic carbocycles. The van der Waals surface area contributed by atoms with Crippen LogP contribution < -0.4 is 5.32 Å². The first-order valence-electron chi connectivity index (χ1n) is 5.70. The van der Waals surface area contributed by atoms with Crippen molar-refractivity contribution in [2.45, 2.75) is 6.92 Å². The summed E-state index contributed by atoms with van der Waals surface area (Å²) in [4.78, 5) is 26.8. The Labute approximate surface area is 118 Å². The van der Waals surface area contributed by atoms with Gasteiger partial charge in [0.2, 0.25) is 0 Å². The zero-order chi connectivity index (χ0) is 14.7. The van der Waals surface area contributed by atoms with E-state index in [4.69, 9.17) is 5.11 Å². The number of nitrogens with one attached hydrogen (secondary N) is 1. The van der Waals surface area contributed by atoms with Gasteiger partial charge in [-0.25, -0.2) is 9.37 Å². The number of carboxylic acids is 1. The van der Waals surface area contributed by atoms with Crippen molar-refractivity contribution < 1.29 is 19.1 Å². The monoisotopic (exact) mass is 294 g/mol. The largest absolute Gasteiger partial charge is 0.480 e. The summed E-state index contributed by atoms with van der Waals surface area (Å²) in [7, 11) is 0. The molecule has 0 spiro atoms. The molecule has 104 valence electrons. The van der Waals surface area contributed by atoms with Crippen LogP contribution in [0.4, 0.5) is 4.39 Å². The number of benzene rings is 1. The highest BCUT2D eigenvalue weighted by Gasteiger charge is 2.16. The van der Waals surface area contributed by atoms with Crippen molar-refractivity contribution in [3.63, 3.8) is 0 Å². The molecule has 0 fully saturated rings. The molecule has 2 N–H and O–H groups in total. The summed E-state index contributed by atoms with van der Waals surface area (Å²) in [6.07, 6.45) is 0. The van der Waals surface area contributed by atoms with Crippen LogP contribution in [-0.4, -0.2) is 28.5 Å². The maximum atomic E-state index is 13.2. The number of hydrogen-bond acceptors (Lipinski definition) is 4. The highest BCUT2D eigenvalue weighted by molar-refractivity contribution is 7.17. The average Bonchev–Trinajstić information content (AvgIpc) is 2.78. The summed E-state index contributed by atoms with van der Waals surface area (Å²) in [6.45, 7) is 1.19. The van der Waals surface area contributed by atoms with Gasteiger partial charge in [-0.1, -0.05) is 12.1 Å². The molecule has 7 heteroatoms. The highest BCUT2D eigenvalue weighted by atomic mass is 32.1. The standard InChI is InChI=1S/C13H11FN2O3S/c1-7-11(12(19)15-6-10(17)18)20-13(16-7)8-3-2-4-9(14)5-8/h2-5H,6H2,1H3,(H,15,19)(H,17,18). The van der Waals surface area contributed by atoms with Crippen molar-refractivity contribution in [3.05, 3.63) is 40.7 Å². The Morgan fingerprint density at radius 2 is 2.20 bits per heavy atom. The molecule has 0 radical (unpaired) electrons. The molecule has 2 aromatic rings. The van der Waals surface area contributed by atoms with Crippen LogP contribution in [-0.2, 0) is 4.79 Å². The van der Waals surface area contributed by atoms with Crippen LogP contribution in [0.3, 0.4) is 0 Å². The summed E-state index contributed by atoms with van der Waals surface area (Å²) < 4.78 is 13.2. The molecular weight excluding hydrogens is 283 g/mol. The van der Waals surface area contributed by atoms with Gasteiger partial charge in [-0.3, -0.25) is 9.59 Å². The number of aliphatic carboxylic acids is 1. The average molecular weight is 294 g/mol. The predicted molar refractivity (Wildman–Crippen MR) is 72.2 cm³/mol. The minimum Gasteiger partial charge on any atom is -0.480 e. The van der Waals surface area contributed by atoms with Crippen LogP contribution >= 0.6 is 11.3 Å². The third kappa shape index (κ3) is 3.18. The molecule has 5 nitrogen and oxygen atoms in total. The summed E-state index contributed by atoms with van der Waals surface area (Å²) in [5, 5.41) is 11.3. The normalized spacial score (nSPS) is 10.3. The van der Waals surface area contributed by atoms with Crippen LogP contribution in [0.15, 0.2) is 24.3 Å². The van der Waals surface area contributed by atoms with E-state index in [1.165, 1.54) is 12.1 Å². The van der Waals surface area contributed by atoms with Crippen molar-refractivity contribution in [2.75, 3.05) is 6.54 Å². The lowest BCUT2D eigenvalue weighted by Gasteiger charge is -1.99. The van der Waals surface area contributed by atoms with E-state index in [9.17, 15) is 14.0 Å². The van der Waals surface area contributed by atoms with Crippen LogP contribution in [0.5, 0.6) is 0 Å². The highest BCUT2D eigenvalue weighted by Crippen LogP contribution is 2.28. The zero-order valence-electron chi connectivity index (χ0n) is 10.5. The maximum Gasteiger partial charge on any atom is 0.322 e. The van der Waals surface area contributed by atoms with E-state index in [2.05, 4.69) is 10.3 Å². The van der Waals surface area contributed by atoms with Gasteiger partial charge >= 0.3 is 5.97 Å². The molecule has 0 unspecified atom stereocenters. The van der Waals surface area contributed by atoms with E-state index in [1.807, 2.05) is 0 Å². The van der Waals surface area contributed by atoms with Crippen molar-refractivity contribution in [3.8, 4) is 10.6 Å². The number of hydrogen-bond donors (Lipinski definition) is 2. The second-order valence-corrected chi connectivity index (χ2v) is 5.02. The third-order valence-electron chi connectivity index (χ3n) is 2.47. The lowest BCUT2D eigenvalue weighted by Crippen LogP contribution is -2.29. The first-order valence-corrected chi connectivity index (χ1v) is 6.52. The fourth-order valence-corrected chi connectivity index (χ4v) is 2.57. The van der Waals surface area contributed by atoms with Gasteiger partial charge in [0.25, 0.3) is 5.91 Å². The quantitative estimate of drug-likeness (QED) is 0.904. The smallest absolute Gasteiger partial charge is 0.322 e. The Balaban J connectivity index is 2.25. The molecule has 0 saturated heterocycles. The predicted octanol–water partition coefficient (Wildman–Crippen LogP) is 2.07. The zero-order valence-corrected chi connectivity index (χ0v) is 11.3. The first kappa shape index (κ1) is 14.1. The van der Waals surface area contributed by atoms with E-state index in [0.717, 1.165) is 11.3 Å². The number of aryl methyl sites for hydroxylation is 1. The van der Waals surface area contributed by atoms with Crippen LogP contribution in [0.25, 0.3) is 10.6 Å². The minimum atomic E-state index is -1.12. The Bertz CT molecular complexity index is 669. The molecule has 0 saturated carbocycles. The number of thiazole rings is 1. The maximum absolute atomic E-state index is 13.2. The minimum absolute atomic E-state index is 0.325. The Hall–Kier alpha value is -2.28. The van der Waals surface area contributed by atoms with E-state index < -0.39 is 18.4 Å². The lowest BCUT2D eigenvalue weighted by molar-refractivity contribution is -0.135. The van der Waals surface area contributed by atoms with Gasteiger partial charge in [0.15, 0.2) is 0 Å². The van der Waals surface area contributed by atoms with Gasteiger partial charge in [-0.05, 0) is 19.1 Å². The fourth-order valence-electron chi connectivity index (χ4n) is 1.59. The first-order chi connectivity index (χ1) is 9.47. The summed E-state index contributed by atoms with van der Waals surface area (Å²) >= 11 is 1.10. The van der Waals surface area contributed by atoms with Gasteiger partial charge < -0.3 is 10.4 Å². The van der Waals surface area contributed by atoms with Gasteiger partial charge in [-0.2, -0.15) is 0 Å². The van der Waals surface area contributed by atoms with Gasteiger partial charge in [0, 0.05) is 5.56 Å². The lowest BCUT2D eigenvalue weighted by atomic mass is 10.2. The number of carboxylic acid groups (broad SMARTS) is 1. The van der Waals surface area contributed by atoms with Crippen LogP contribution in [0, 0.1) is 12.7 Å². The van der Waals surface area contributed by atoms with Crippen molar-refractivity contribution in [1.82, 2.24) is 10.3 Å². The fraction of sp³-hybridized carbons (Fsp3) is 0.154. The molecule has 2 rings (SSSR count). The molecule has 0 atom stereocenters. The van der Waals surface area contributed by atoms with E-state index in [1.54, 1.807) is 19.1 Å². The van der Waals surface area contributed by atoms with E-state index in [0.29, 0.717) is 21.1 Å². The molecule has 1 amide bonds. The van der Waals surface area contributed by atoms with Crippen molar-refractivity contribution in [2.24, 2.45) is 0 Å². The van der Waals surface area contributed by atoms with Gasteiger partial charge in [-0.15, -0.1) is 11.3 Å². The number of halogens is 1. The van der Waals surface area contributed by atoms with Gasteiger partial charge in [0.05, 0.1) is 5.69 Å². The molecule has 0 aliphatic rings. The van der Waals surface area contributed by atoms with Crippen LogP contribution in [0.1, 0.15) is 15.4 Å². The second-order valence-electron chi connectivity index (χ2n) is 4.02. The second kappa shape index (κ2) is 5.79. The number of aromatic nitrogens is 1. The summed E-state index contributed by atoms with van der Waals surface area (Å²) in [6, 6.07) is 5.91. The molecule has 1 aromatic carbocycles. The van der Waals surface area contributed by atoms with Crippen molar-refractivity contribution in [1.29, 1.82) is 0 Å². The molecule has 20 heavy (non-hydrogen) atoms. The Morgan fingerprint density at radius 1 is 1.45 bits per heavy atom. The van der Waals surface area contributed by atoms with E-state index in [-0.39, 0.29) is 5.82 Å². The van der Waals surface area contributed by atoms with Crippen LogP contribution in [0.2, 0.25) is 0 Å². The molecular formula is C13H11FN2O3S. The number of rotatable bonds is 4. The molecule has 0 aliphatic heterocycles. The number of carbonyl (C=O) groups excluding carboxylic acids is 1. The topological polar surface area (TPSA) is 79.3 Å². The summed E-state index contributed by atoms with van der Waals surface area (Å²) in [5.74, 6) is -2.00. The number of carbonyl (C=O) groups is 2. The van der Waals surface area contributed by atoms with E-state index >= 15 is 0 Å². The Morgan fingerprint density at radius 3 is 2.85 bits per heavy atom. The SMILES string of the molecule is Cc1nc(-c2cccc(F)c2)sc1C(=O)NCC(=O)O. The van der Waals surface area contributed by atoms with Gasteiger partial charge in [0.1, 0.15) is 22.2 Å². The molecule has 1 aromatic heterocycles. The third-order valence-corrected chi connectivity index (χ3v) is 3.68. The number of amides is 1. The number of nitrogens with zero attached hydrogens (tertiary/aromatic N) is 1. The molecule has 0 bridgehead atoms. The van der Waals surface area contributed by atoms with Crippen molar-refractivity contribution >= 4 is 23.2 Å². The Kier molecular flexibility index (Phi) is 4.09.